The van der Waals surface area contributed by atoms with Crippen LogP contribution in [0.5, 0.6) is 11.5 Å². The highest BCUT2D eigenvalue weighted by atomic mass is 31.2. The maximum Gasteiger partial charge on any atom is 0.524 e. The van der Waals surface area contributed by atoms with Crippen molar-refractivity contribution in [1.82, 2.24) is 0 Å². The van der Waals surface area contributed by atoms with Crippen molar-refractivity contribution in [3.05, 3.63) is 36.4 Å². The zero-order valence-corrected chi connectivity index (χ0v) is 12.4. The van der Waals surface area contributed by atoms with Gasteiger partial charge < -0.3 is 14.0 Å². The standard InChI is InChI=1S/C13H17O7P/c1-3-13(14)19-8-4-5-10-9-11(18-2)6-7-12(10)20-21(15,16)17/h3,6-7,9H,1,4-5,8H2,2H3,(H2,15,16,17). The minimum absolute atomic E-state index is 0.0687. The molecule has 0 heterocycles. The zero-order chi connectivity index (χ0) is 15.9. The third-order valence-electron chi connectivity index (χ3n) is 2.49. The predicted octanol–water partition coefficient (Wildman–Crippen LogP) is 1.83. The highest BCUT2D eigenvalue weighted by Gasteiger charge is 2.18. The van der Waals surface area contributed by atoms with E-state index >= 15 is 0 Å². The first-order chi connectivity index (χ1) is 9.85. The first kappa shape index (κ1) is 17.2. The number of esters is 1. The summed E-state index contributed by atoms with van der Waals surface area (Å²) in [7, 11) is -3.16. The van der Waals surface area contributed by atoms with Crippen LogP contribution in [-0.2, 0) is 20.5 Å². The van der Waals surface area contributed by atoms with Crippen molar-refractivity contribution in [3.8, 4) is 11.5 Å². The lowest BCUT2D eigenvalue weighted by Crippen LogP contribution is -2.04. The molecule has 116 valence electrons. The quantitative estimate of drug-likeness (QED) is 0.326. The van der Waals surface area contributed by atoms with Gasteiger partial charge in [-0.15, -0.1) is 0 Å². The molecule has 0 fully saturated rings. The molecule has 21 heavy (non-hydrogen) atoms. The molecule has 0 saturated heterocycles. The van der Waals surface area contributed by atoms with Crippen LogP contribution in [0, 0.1) is 0 Å². The van der Waals surface area contributed by atoms with Gasteiger partial charge in [0.1, 0.15) is 11.5 Å². The van der Waals surface area contributed by atoms with E-state index in [1.807, 2.05) is 0 Å². The van der Waals surface area contributed by atoms with Crippen molar-refractivity contribution in [3.63, 3.8) is 0 Å². The molecule has 0 aromatic heterocycles. The fourth-order valence-corrected chi connectivity index (χ4v) is 2.02. The summed E-state index contributed by atoms with van der Waals surface area (Å²) in [4.78, 5) is 28.6. The summed E-state index contributed by atoms with van der Waals surface area (Å²) in [5.41, 5.74) is 0.548. The Morgan fingerprint density at radius 1 is 1.43 bits per heavy atom. The number of rotatable bonds is 8. The first-order valence-electron chi connectivity index (χ1n) is 6.07. The Hall–Kier alpha value is -1.82. The van der Waals surface area contributed by atoms with Crippen LogP contribution in [0.4, 0.5) is 0 Å². The molecule has 0 atom stereocenters. The van der Waals surface area contributed by atoms with Gasteiger partial charge in [0.2, 0.25) is 0 Å². The number of aryl methyl sites for hydroxylation is 1. The SMILES string of the molecule is C=CC(=O)OCCCc1cc(OC)ccc1OP(=O)(O)O. The third-order valence-corrected chi connectivity index (χ3v) is 2.92. The average molecular weight is 316 g/mol. The molecular weight excluding hydrogens is 299 g/mol. The second-order valence-corrected chi connectivity index (χ2v) is 5.19. The highest BCUT2D eigenvalue weighted by Crippen LogP contribution is 2.40. The van der Waals surface area contributed by atoms with E-state index in [9.17, 15) is 9.36 Å². The lowest BCUT2D eigenvalue weighted by Gasteiger charge is -2.13. The van der Waals surface area contributed by atoms with E-state index in [0.717, 1.165) is 6.08 Å². The smallest absolute Gasteiger partial charge is 0.497 e. The number of carbonyl (C=O) groups excluding carboxylic acids is 1. The topological polar surface area (TPSA) is 102 Å². The summed E-state index contributed by atoms with van der Waals surface area (Å²) in [5.74, 6) is 0.0812. The molecule has 7 nitrogen and oxygen atoms in total. The summed E-state index contributed by atoms with van der Waals surface area (Å²) in [6.45, 7) is 3.44. The molecule has 0 aliphatic carbocycles. The Balaban J connectivity index is 2.74. The van der Waals surface area contributed by atoms with Crippen LogP contribution < -0.4 is 9.26 Å². The Morgan fingerprint density at radius 3 is 2.71 bits per heavy atom. The van der Waals surface area contributed by atoms with Crippen molar-refractivity contribution in [2.45, 2.75) is 12.8 Å². The number of phosphoric acid groups is 1. The van der Waals surface area contributed by atoms with Gasteiger partial charge in [-0.3, -0.25) is 9.79 Å². The van der Waals surface area contributed by atoms with E-state index < -0.39 is 13.8 Å². The number of carbonyl (C=O) groups is 1. The molecule has 0 spiro atoms. The van der Waals surface area contributed by atoms with Gasteiger partial charge in [0, 0.05) is 6.08 Å². The maximum absolute atomic E-state index is 10.9. The van der Waals surface area contributed by atoms with E-state index in [4.69, 9.17) is 19.3 Å². The van der Waals surface area contributed by atoms with Gasteiger partial charge in [-0.25, -0.2) is 9.36 Å². The molecule has 0 saturated carbocycles. The van der Waals surface area contributed by atoms with Crippen LogP contribution >= 0.6 is 7.82 Å². The number of benzene rings is 1. The number of hydrogen-bond donors (Lipinski definition) is 2. The van der Waals surface area contributed by atoms with E-state index in [1.54, 1.807) is 6.07 Å². The Kier molecular flexibility index (Phi) is 6.42. The van der Waals surface area contributed by atoms with Crippen molar-refractivity contribution in [2.24, 2.45) is 0 Å². The Bertz CT molecular complexity index is 549. The minimum Gasteiger partial charge on any atom is -0.497 e. The van der Waals surface area contributed by atoms with Gasteiger partial charge in [-0.1, -0.05) is 6.58 Å². The summed E-state index contributed by atoms with van der Waals surface area (Å²) in [6, 6.07) is 4.57. The van der Waals surface area contributed by atoms with Crippen LogP contribution in [0.25, 0.3) is 0 Å². The van der Waals surface area contributed by atoms with Crippen LogP contribution in [-0.4, -0.2) is 29.5 Å². The average Bonchev–Trinajstić information content (AvgIpc) is 2.43. The van der Waals surface area contributed by atoms with Gasteiger partial charge >= 0.3 is 13.8 Å². The highest BCUT2D eigenvalue weighted by molar-refractivity contribution is 7.46. The molecule has 0 aliphatic rings. The summed E-state index contributed by atoms with van der Waals surface area (Å²) in [5, 5.41) is 0. The van der Waals surface area contributed by atoms with Crippen molar-refractivity contribution in [1.29, 1.82) is 0 Å². The van der Waals surface area contributed by atoms with Crippen LogP contribution in [0.15, 0.2) is 30.9 Å². The van der Waals surface area contributed by atoms with E-state index in [0.29, 0.717) is 24.2 Å². The van der Waals surface area contributed by atoms with Crippen LogP contribution in [0.1, 0.15) is 12.0 Å². The van der Waals surface area contributed by atoms with Gasteiger partial charge in [0.25, 0.3) is 0 Å². The molecule has 1 aromatic carbocycles. The van der Waals surface area contributed by atoms with Crippen molar-refractivity contribution in [2.75, 3.05) is 13.7 Å². The molecule has 0 unspecified atom stereocenters. The fourth-order valence-electron chi connectivity index (χ4n) is 1.59. The molecule has 0 amide bonds. The van der Waals surface area contributed by atoms with Crippen LogP contribution in [0.2, 0.25) is 0 Å². The summed E-state index contributed by atoms with van der Waals surface area (Å²) in [6.07, 6.45) is 1.93. The Labute approximate surface area is 122 Å². The zero-order valence-electron chi connectivity index (χ0n) is 11.5. The van der Waals surface area contributed by atoms with Gasteiger partial charge in [0.15, 0.2) is 0 Å². The normalized spacial score (nSPS) is 10.8. The van der Waals surface area contributed by atoms with Crippen LogP contribution in [0.3, 0.4) is 0 Å². The predicted molar refractivity (Wildman–Crippen MR) is 75.1 cm³/mol. The minimum atomic E-state index is -4.64. The fraction of sp³-hybridized carbons (Fsp3) is 0.308. The van der Waals surface area contributed by atoms with E-state index in [2.05, 4.69) is 11.1 Å². The summed E-state index contributed by atoms with van der Waals surface area (Å²) < 4.78 is 25.4. The van der Waals surface area contributed by atoms with Gasteiger partial charge in [-0.2, -0.15) is 0 Å². The number of methoxy groups -OCH3 is 1. The molecule has 2 N–H and O–H groups in total. The number of phosphoric ester groups is 1. The maximum atomic E-state index is 10.9. The monoisotopic (exact) mass is 316 g/mol. The number of ether oxygens (including phenoxy) is 2. The van der Waals surface area contributed by atoms with Crippen molar-refractivity contribution < 1.29 is 33.1 Å². The molecule has 1 rings (SSSR count). The first-order valence-corrected chi connectivity index (χ1v) is 7.60. The Morgan fingerprint density at radius 2 is 2.14 bits per heavy atom. The van der Waals surface area contributed by atoms with E-state index in [1.165, 1.54) is 19.2 Å². The molecule has 0 aliphatic heterocycles. The second kappa shape index (κ2) is 7.83. The third kappa shape index (κ3) is 6.44. The molecule has 1 aromatic rings. The van der Waals surface area contributed by atoms with E-state index in [-0.39, 0.29) is 12.4 Å². The largest absolute Gasteiger partial charge is 0.524 e. The second-order valence-electron chi connectivity index (χ2n) is 4.03. The number of hydrogen-bond acceptors (Lipinski definition) is 5. The molecule has 0 bridgehead atoms. The molecule has 0 radical (unpaired) electrons. The summed E-state index contributed by atoms with van der Waals surface area (Å²) >= 11 is 0. The molecule has 8 heteroatoms. The molecular formula is C13H17O7P. The lowest BCUT2D eigenvalue weighted by atomic mass is 10.1. The lowest BCUT2D eigenvalue weighted by molar-refractivity contribution is -0.137. The van der Waals surface area contributed by atoms with Gasteiger partial charge in [-0.05, 0) is 36.6 Å². The van der Waals surface area contributed by atoms with Crippen molar-refractivity contribution >= 4 is 13.8 Å². The van der Waals surface area contributed by atoms with Gasteiger partial charge in [0.05, 0.1) is 13.7 Å².